The van der Waals surface area contributed by atoms with Crippen LogP contribution >= 0.6 is 0 Å². The molecule has 8 aromatic rings. The second-order valence-electron chi connectivity index (χ2n) is 16.3. The molecule has 7 aromatic carbocycles. The fourth-order valence-electron chi connectivity index (χ4n) is 10.1. The van der Waals surface area contributed by atoms with E-state index in [1.54, 1.807) is 0 Å². The second-order valence-corrected chi connectivity index (χ2v) is 16.3. The average molecular weight is 743 g/mol. The number of para-hydroxylation sites is 3. The van der Waals surface area contributed by atoms with E-state index in [2.05, 4.69) is 180 Å². The Kier molecular flexibility index (Phi) is 9.60. The van der Waals surface area contributed by atoms with Crippen molar-refractivity contribution in [2.24, 2.45) is 0 Å². The Bertz CT molecular complexity index is 2560. The van der Waals surface area contributed by atoms with Crippen molar-refractivity contribution in [2.45, 2.75) is 75.5 Å². The lowest BCUT2D eigenvalue weighted by Gasteiger charge is -2.39. The quantitative estimate of drug-likeness (QED) is 0.147. The number of anilines is 6. The lowest BCUT2D eigenvalue weighted by Crippen LogP contribution is -2.30. The molecule has 3 nitrogen and oxygen atoms in total. The number of benzene rings is 7. The highest BCUT2D eigenvalue weighted by atomic mass is 16.3. The van der Waals surface area contributed by atoms with Crippen molar-refractivity contribution < 1.29 is 4.42 Å². The van der Waals surface area contributed by atoms with Gasteiger partial charge >= 0.3 is 0 Å². The fourth-order valence-corrected chi connectivity index (χ4v) is 10.1. The number of fused-ring (bicyclic) bond motifs is 3. The fraction of sp³-hybridized carbons (Fsp3) is 0.222. The molecular weight excluding hydrogens is 693 g/mol. The van der Waals surface area contributed by atoms with E-state index in [9.17, 15) is 0 Å². The first-order chi connectivity index (χ1) is 28.2. The van der Waals surface area contributed by atoms with Gasteiger partial charge in [-0.25, -0.2) is 0 Å². The lowest BCUT2D eigenvalue weighted by molar-refractivity contribution is 0.346. The summed E-state index contributed by atoms with van der Waals surface area (Å²) in [6, 6.07) is 64.8. The van der Waals surface area contributed by atoms with Crippen LogP contribution in [0.5, 0.6) is 0 Å². The van der Waals surface area contributed by atoms with Gasteiger partial charge in [0.15, 0.2) is 0 Å². The smallest absolute Gasteiger partial charge is 0.137 e. The van der Waals surface area contributed by atoms with Gasteiger partial charge in [-0.1, -0.05) is 136 Å². The predicted octanol–water partition coefficient (Wildman–Crippen LogP) is 15.8. The molecule has 3 heteroatoms. The molecule has 0 spiro atoms. The number of furan rings is 1. The van der Waals surface area contributed by atoms with Crippen LogP contribution in [-0.4, -0.2) is 0 Å². The highest BCUT2D eigenvalue weighted by Crippen LogP contribution is 2.48. The SMILES string of the molecule is c1ccc(N(c2ccc(C3CCCCC3)cc2)c2ccc(C3(c4ccc(N(c5ccccc5)c5cccc6oc7ccccc7c56)cc4)CCCCC3)cc2)cc1. The van der Waals surface area contributed by atoms with Crippen molar-refractivity contribution in [3.05, 3.63) is 193 Å². The maximum absolute atomic E-state index is 6.35. The van der Waals surface area contributed by atoms with Gasteiger partial charge in [-0.3, -0.25) is 0 Å². The molecule has 2 aliphatic rings. The van der Waals surface area contributed by atoms with E-state index in [0.29, 0.717) is 5.92 Å². The molecule has 0 amide bonds. The molecule has 0 aliphatic heterocycles. The third-order valence-electron chi connectivity index (χ3n) is 12.9. The van der Waals surface area contributed by atoms with E-state index >= 15 is 0 Å². The first kappa shape index (κ1) is 35.4. The van der Waals surface area contributed by atoms with E-state index in [0.717, 1.165) is 51.8 Å². The van der Waals surface area contributed by atoms with Crippen LogP contribution in [0.2, 0.25) is 0 Å². The van der Waals surface area contributed by atoms with Gasteiger partial charge in [-0.05, 0) is 127 Å². The monoisotopic (exact) mass is 742 g/mol. The first-order valence-electron chi connectivity index (χ1n) is 21.2. The molecule has 0 unspecified atom stereocenters. The highest BCUT2D eigenvalue weighted by Gasteiger charge is 2.36. The summed E-state index contributed by atoms with van der Waals surface area (Å²) in [4.78, 5) is 4.80. The van der Waals surface area contributed by atoms with Crippen LogP contribution in [0.4, 0.5) is 34.1 Å². The molecule has 0 N–H and O–H groups in total. The molecular formula is C54H50N2O. The summed E-state index contributed by atoms with van der Waals surface area (Å²) in [6.07, 6.45) is 12.8. The van der Waals surface area contributed by atoms with E-state index < -0.39 is 0 Å². The van der Waals surface area contributed by atoms with Gasteiger partial charge in [0.2, 0.25) is 0 Å². The molecule has 0 bridgehead atoms. The van der Waals surface area contributed by atoms with Crippen LogP contribution in [-0.2, 0) is 5.41 Å². The molecule has 57 heavy (non-hydrogen) atoms. The van der Waals surface area contributed by atoms with Gasteiger partial charge in [-0.2, -0.15) is 0 Å². The molecule has 0 radical (unpaired) electrons. The summed E-state index contributed by atoms with van der Waals surface area (Å²) in [5, 5.41) is 2.27. The summed E-state index contributed by atoms with van der Waals surface area (Å²) in [5.41, 5.74) is 13.0. The second kappa shape index (κ2) is 15.5. The molecule has 2 fully saturated rings. The maximum Gasteiger partial charge on any atom is 0.137 e. The maximum atomic E-state index is 6.35. The summed E-state index contributed by atoms with van der Waals surface area (Å²) in [5.74, 6) is 0.700. The van der Waals surface area contributed by atoms with Gasteiger partial charge in [0.25, 0.3) is 0 Å². The van der Waals surface area contributed by atoms with Gasteiger partial charge in [0.05, 0.1) is 11.1 Å². The van der Waals surface area contributed by atoms with E-state index in [-0.39, 0.29) is 5.41 Å². The van der Waals surface area contributed by atoms with Crippen LogP contribution in [0.15, 0.2) is 180 Å². The average Bonchev–Trinajstić information content (AvgIpc) is 3.68. The summed E-state index contributed by atoms with van der Waals surface area (Å²) in [6.45, 7) is 0. The Hall–Kier alpha value is -6.06. The van der Waals surface area contributed by atoms with Gasteiger partial charge < -0.3 is 14.2 Å². The summed E-state index contributed by atoms with van der Waals surface area (Å²) < 4.78 is 6.35. The highest BCUT2D eigenvalue weighted by molar-refractivity contribution is 6.13. The van der Waals surface area contributed by atoms with Crippen LogP contribution < -0.4 is 9.80 Å². The van der Waals surface area contributed by atoms with Crippen LogP contribution in [0.1, 0.15) is 86.8 Å². The molecule has 2 aliphatic carbocycles. The molecule has 10 rings (SSSR count). The summed E-state index contributed by atoms with van der Waals surface area (Å²) >= 11 is 0. The van der Waals surface area contributed by atoms with Gasteiger partial charge in [0, 0.05) is 39.2 Å². The topological polar surface area (TPSA) is 19.6 Å². The Morgan fingerprint density at radius 3 is 1.53 bits per heavy atom. The zero-order chi connectivity index (χ0) is 38.0. The van der Waals surface area contributed by atoms with Crippen molar-refractivity contribution in [1.29, 1.82) is 0 Å². The molecule has 0 atom stereocenters. The Labute approximate surface area is 337 Å². The first-order valence-corrected chi connectivity index (χ1v) is 21.2. The zero-order valence-corrected chi connectivity index (χ0v) is 32.7. The van der Waals surface area contributed by atoms with E-state index in [1.807, 2.05) is 6.07 Å². The number of hydrogen-bond donors (Lipinski definition) is 0. The van der Waals surface area contributed by atoms with Crippen molar-refractivity contribution in [3.63, 3.8) is 0 Å². The van der Waals surface area contributed by atoms with E-state index in [1.165, 1.54) is 85.1 Å². The lowest BCUT2D eigenvalue weighted by atomic mass is 9.65. The molecule has 1 aromatic heterocycles. The van der Waals surface area contributed by atoms with Crippen molar-refractivity contribution in [3.8, 4) is 0 Å². The Morgan fingerprint density at radius 2 is 0.895 bits per heavy atom. The number of nitrogens with zero attached hydrogens (tertiary/aromatic N) is 2. The Balaban J connectivity index is 1.01. The minimum absolute atomic E-state index is 0.0348. The largest absolute Gasteiger partial charge is 0.456 e. The van der Waals surface area contributed by atoms with Gasteiger partial charge in [-0.15, -0.1) is 0 Å². The van der Waals surface area contributed by atoms with Crippen LogP contribution in [0, 0.1) is 0 Å². The third kappa shape index (κ3) is 6.69. The normalized spacial score (nSPS) is 15.8. The van der Waals surface area contributed by atoms with Crippen molar-refractivity contribution in [1.82, 2.24) is 0 Å². The standard InChI is InChI=1S/C54H50N2O/c1-5-16-40(17-6-1)41-26-32-46(33-27-41)55(44-18-7-2-8-19-44)47-34-28-42(29-35-47)54(38-13-4-14-39-54)43-30-36-48(37-31-43)56(45-20-9-3-10-21-45)50-23-15-25-52-53(50)49-22-11-12-24-51(49)57-52/h2-3,7-12,15,18-37,40H,1,4-6,13-14,16-17,38-39H2. The van der Waals surface area contributed by atoms with Gasteiger partial charge in [0.1, 0.15) is 11.2 Å². The molecule has 282 valence electrons. The predicted molar refractivity (Wildman–Crippen MR) is 239 cm³/mol. The minimum Gasteiger partial charge on any atom is -0.456 e. The van der Waals surface area contributed by atoms with Crippen LogP contribution in [0.25, 0.3) is 21.9 Å². The number of rotatable bonds is 9. The molecule has 2 saturated carbocycles. The summed E-state index contributed by atoms with van der Waals surface area (Å²) in [7, 11) is 0. The van der Waals surface area contributed by atoms with Crippen molar-refractivity contribution in [2.75, 3.05) is 9.80 Å². The zero-order valence-electron chi connectivity index (χ0n) is 32.7. The van der Waals surface area contributed by atoms with Crippen LogP contribution in [0.3, 0.4) is 0 Å². The van der Waals surface area contributed by atoms with Crippen molar-refractivity contribution >= 4 is 56.1 Å². The molecule has 0 saturated heterocycles. The Morgan fingerprint density at radius 1 is 0.404 bits per heavy atom. The molecule has 1 heterocycles. The minimum atomic E-state index is -0.0348. The van der Waals surface area contributed by atoms with E-state index in [4.69, 9.17) is 4.42 Å². The number of hydrogen-bond acceptors (Lipinski definition) is 3. The third-order valence-corrected chi connectivity index (χ3v) is 12.9.